The van der Waals surface area contributed by atoms with Gasteiger partial charge in [-0.15, -0.1) is 0 Å². The molecule has 2 heterocycles. The van der Waals surface area contributed by atoms with Crippen LogP contribution in [0.4, 0.5) is 14.4 Å². The van der Waals surface area contributed by atoms with Gasteiger partial charge in [0.05, 0.1) is 31.9 Å². The van der Waals surface area contributed by atoms with Gasteiger partial charge >= 0.3 is 30.2 Å². The molecular formula is C32H50N4O11. The maximum absolute atomic E-state index is 13.1. The molecule has 0 aromatic rings. The molecule has 264 valence electrons. The van der Waals surface area contributed by atoms with Crippen LogP contribution in [0.2, 0.25) is 0 Å². The first kappa shape index (κ1) is 39.0. The Bertz CT molecular complexity index is 1220. The fraction of sp³-hybridized carbons (Fsp3) is 0.688. The van der Waals surface area contributed by atoms with E-state index < -0.39 is 71.1 Å². The third-order valence-corrected chi connectivity index (χ3v) is 6.11. The highest BCUT2D eigenvalue weighted by molar-refractivity contribution is 5.96. The molecule has 2 bridgehead atoms. The molecule has 1 saturated heterocycles. The quantitative estimate of drug-likeness (QED) is 0.0846. The normalized spacial score (nSPS) is 20.6. The number of amides is 3. The van der Waals surface area contributed by atoms with Crippen molar-refractivity contribution in [3.8, 4) is 0 Å². The highest BCUT2D eigenvalue weighted by atomic mass is 16.6. The molecule has 47 heavy (non-hydrogen) atoms. The highest BCUT2D eigenvalue weighted by Crippen LogP contribution is 2.40. The average Bonchev–Trinajstić information content (AvgIpc) is 3.50. The molecule has 15 nitrogen and oxygen atoms in total. The van der Waals surface area contributed by atoms with E-state index in [0.717, 1.165) is 0 Å². The summed E-state index contributed by atoms with van der Waals surface area (Å²) < 4.78 is 32.3. The van der Waals surface area contributed by atoms with Crippen molar-refractivity contribution in [3.05, 3.63) is 24.6 Å². The molecule has 1 fully saturated rings. The fourth-order valence-corrected chi connectivity index (χ4v) is 4.42. The molecule has 0 aromatic heterocycles. The summed E-state index contributed by atoms with van der Waals surface area (Å²) in [5, 5.41) is 7.82. The van der Waals surface area contributed by atoms with Crippen LogP contribution < -0.4 is 16.0 Å². The molecule has 2 aliphatic heterocycles. The number of aliphatic imine (C=N–C) groups is 1. The minimum absolute atomic E-state index is 0.0470. The second-order valence-electron chi connectivity index (χ2n) is 14.0. The topological polar surface area (TPSA) is 189 Å². The second kappa shape index (κ2) is 16.6. The first-order valence-corrected chi connectivity index (χ1v) is 15.5. The summed E-state index contributed by atoms with van der Waals surface area (Å²) in [5.41, 5.74) is -1.85. The van der Waals surface area contributed by atoms with Gasteiger partial charge in [-0.05, 0) is 75.2 Å². The number of alkyl carbamates (subject to hydrolysis) is 2. The monoisotopic (exact) mass is 666 g/mol. The van der Waals surface area contributed by atoms with Gasteiger partial charge in [0.15, 0.2) is 0 Å². The largest absolute Gasteiger partial charge is 0.465 e. The van der Waals surface area contributed by atoms with Gasteiger partial charge in [0.1, 0.15) is 41.1 Å². The molecule has 0 radical (unpaired) electrons. The van der Waals surface area contributed by atoms with E-state index in [2.05, 4.69) is 27.5 Å². The Morgan fingerprint density at radius 3 is 1.79 bits per heavy atom. The molecule has 0 aromatic carbocycles. The standard InChI is InChI=1S/C32H50N4O11/c1-19(35-28(40)46-31(5,6)7)33-15-17-43-26(38)24-22-14-13-21(44-22)23(24)25(37)42-16-11-12-20(36-29(41)47-32(8,9)10)18-34-27(39)45-30(2,3)4/h13-14,21-24,33H,1,11-12,15-18H2,2-10H3,(H,34,39)(H,35,40). The lowest BCUT2D eigenvalue weighted by molar-refractivity contribution is -0.159. The maximum Gasteiger partial charge on any atom is 0.434 e. The summed E-state index contributed by atoms with van der Waals surface area (Å²) in [4.78, 5) is 66.3. The van der Waals surface area contributed by atoms with Crippen molar-refractivity contribution in [2.75, 3.05) is 26.3 Å². The summed E-state index contributed by atoms with van der Waals surface area (Å²) in [7, 11) is 0. The van der Waals surface area contributed by atoms with Gasteiger partial charge < -0.3 is 39.1 Å². The number of carbonyl (C=O) groups excluding carboxylic acids is 5. The Morgan fingerprint density at radius 1 is 0.745 bits per heavy atom. The Kier molecular flexibility index (Phi) is 13.8. The molecule has 0 spiro atoms. The van der Waals surface area contributed by atoms with E-state index >= 15 is 0 Å². The summed E-state index contributed by atoms with van der Waals surface area (Å²) in [5.74, 6) is -2.89. The minimum Gasteiger partial charge on any atom is -0.465 e. The smallest absolute Gasteiger partial charge is 0.434 e. The number of rotatable bonds is 13. The zero-order chi connectivity index (χ0) is 35.6. The minimum atomic E-state index is -0.905. The van der Waals surface area contributed by atoms with Crippen molar-refractivity contribution >= 4 is 35.9 Å². The van der Waals surface area contributed by atoms with Crippen LogP contribution in [-0.4, -0.2) is 91.2 Å². The number of hydrogen-bond donors (Lipinski definition) is 3. The summed E-state index contributed by atoms with van der Waals surface area (Å²) in [6.45, 7) is 19.1. The van der Waals surface area contributed by atoms with Crippen LogP contribution in [0.5, 0.6) is 0 Å². The molecule has 2 rings (SSSR count). The van der Waals surface area contributed by atoms with Crippen LogP contribution in [0.3, 0.4) is 0 Å². The van der Waals surface area contributed by atoms with Gasteiger partial charge in [-0.3, -0.25) is 14.9 Å². The SMILES string of the molecule is C=C(NCCOC(=O)C1C2C=CC(O2)C1C(=O)OCCCC(CNC(=O)OC(C)(C)C)=NC(=O)OC(C)(C)C)NC(=O)OC(C)(C)C. The van der Waals surface area contributed by atoms with Crippen molar-refractivity contribution < 1.29 is 52.4 Å². The van der Waals surface area contributed by atoms with Gasteiger partial charge in [0.25, 0.3) is 0 Å². The molecular weight excluding hydrogens is 616 g/mol. The van der Waals surface area contributed by atoms with Crippen LogP contribution in [0.15, 0.2) is 29.5 Å². The first-order valence-electron chi connectivity index (χ1n) is 15.5. The van der Waals surface area contributed by atoms with Gasteiger partial charge in [-0.25, -0.2) is 14.4 Å². The van der Waals surface area contributed by atoms with Crippen molar-refractivity contribution in [3.63, 3.8) is 0 Å². The molecule has 4 atom stereocenters. The zero-order valence-corrected chi connectivity index (χ0v) is 28.9. The molecule has 15 heteroatoms. The highest BCUT2D eigenvalue weighted by Gasteiger charge is 2.54. The van der Waals surface area contributed by atoms with Gasteiger partial charge in [-0.1, -0.05) is 18.7 Å². The van der Waals surface area contributed by atoms with Crippen molar-refractivity contribution in [2.45, 2.75) is 104 Å². The van der Waals surface area contributed by atoms with Crippen LogP contribution >= 0.6 is 0 Å². The van der Waals surface area contributed by atoms with E-state index in [1.54, 1.807) is 74.5 Å². The lowest BCUT2D eigenvalue weighted by Gasteiger charge is -2.23. The van der Waals surface area contributed by atoms with Gasteiger partial charge in [-0.2, -0.15) is 4.99 Å². The van der Waals surface area contributed by atoms with Gasteiger partial charge in [0.2, 0.25) is 0 Å². The van der Waals surface area contributed by atoms with E-state index in [4.69, 9.17) is 28.4 Å². The Morgan fingerprint density at radius 2 is 1.26 bits per heavy atom. The van der Waals surface area contributed by atoms with Crippen molar-refractivity contribution in [1.82, 2.24) is 16.0 Å². The van der Waals surface area contributed by atoms with Crippen LogP contribution in [0.25, 0.3) is 0 Å². The predicted molar refractivity (Wildman–Crippen MR) is 170 cm³/mol. The number of nitrogens with one attached hydrogen (secondary N) is 3. The molecule has 3 amide bonds. The number of ether oxygens (including phenoxy) is 6. The Labute approximate surface area is 276 Å². The zero-order valence-electron chi connectivity index (χ0n) is 28.9. The third kappa shape index (κ3) is 14.9. The summed E-state index contributed by atoms with van der Waals surface area (Å²) in [6.07, 6.45) is 0.442. The van der Waals surface area contributed by atoms with Gasteiger partial charge in [0, 0.05) is 5.71 Å². The Balaban J connectivity index is 1.88. The molecule has 3 N–H and O–H groups in total. The lowest BCUT2D eigenvalue weighted by Crippen LogP contribution is -2.39. The summed E-state index contributed by atoms with van der Waals surface area (Å²) in [6, 6.07) is 0. The third-order valence-electron chi connectivity index (χ3n) is 6.11. The average molecular weight is 667 g/mol. The van der Waals surface area contributed by atoms with Crippen LogP contribution in [0, 0.1) is 11.8 Å². The van der Waals surface area contributed by atoms with E-state index in [1.807, 2.05) is 0 Å². The molecule has 0 aliphatic carbocycles. The van der Waals surface area contributed by atoms with E-state index in [9.17, 15) is 24.0 Å². The van der Waals surface area contributed by atoms with E-state index in [1.165, 1.54) is 0 Å². The number of carbonyl (C=O) groups is 5. The van der Waals surface area contributed by atoms with Crippen LogP contribution in [0.1, 0.15) is 75.2 Å². The van der Waals surface area contributed by atoms with E-state index in [0.29, 0.717) is 5.71 Å². The second-order valence-corrected chi connectivity index (χ2v) is 14.0. The van der Waals surface area contributed by atoms with Crippen molar-refractivity contribution in [2.24, 2.45) is 16.8 Å². The number of esters is 2. The first-order chi connectivity index (χ1) is 21.6. The molecule has 4 unspecified atom stereocenters. The summed E-state index contributed by atoms with van der Waals surface area (Å²) >= 11 is 0. The predicted octanol–water partition coefficient (Wildman–Crippen LogP) is 3.91. The van der Waals surface area contributed by atoms with E-state index in [-0.39, 0.29) is 45.0 Å². The number of nitrogens with zero attached hydrogens (tertiary/aromatic N) is 1. The number of hydrogen-bond acceptors (Lipinski definition) is 12. The Hall–Kier alpha value is -4.14. The lowest BCUT2D eigenvalue weighted by atomic mass is 9.83. The fourth-order valence-electron chi connectivity index (χ4n) is 4.42. The molecule has 2 aliphatic rings. The maximum atomic E-state index is 13.1. The van der Waals surface area contributed by atoms with Crippen molar-refractivity contribution in [1.29, 1.82) is 0 Å². The number of fused-ring (bicyclic) bond motifs is 2. The molecule has 0 saturated carbocycles. The van der Waals surface area contributed by atoms with Crippen LogP contribution in [-0.2, 0) is 38.0 Å².